The van der Waals surface area contributed by atoms with Crippen LogP contribution in [0.4, 0.5) is 0 Å². The smallest absolute Gasteiger partial charge is 0.325 e. The highest BCUT2D eigenvalue weighted by molar-refractivity contribution is 5.80. The van der Waals surface area contributed by atoms with Gasteiger partial charge in [0, 0.05) is 6.04 Å². The molecule has 0 bridgehead atoms. The van der Waals surface area contributed by atoms with Gasteiger partial charge in [-0.3, -0.25) is 4.79 Å². The van der Waals surface area contributed by atoms with E-state index in [0.29, 0.717) is 0 Å². The molecule has 1 aliphatic carbocycles. The number of hydrogen-bond donors (Lipinski definition) is 1. The van der Waals surface area contributed by atoms with Gasteiger partial charge in [0.15, 0.2) is 0 Å². The third-order valence-corrected chi connectivity index (χ3v) is 5.43. The lowest BCUT2D eigenvalue weighted by molar-refractivity contribution is -0.148. The van der Waals surface area contributed by atoms with Crippen LogP contribution in [0.3, 0.4) is 0 Å². The number of carbonyl (C=O) groups excluding carboxylic acids is 1. The second-order valence-corrected chi connectivity index (χ2v) is 6.89. The molecule has 1 aliphatic heterocycles. The molecule has 2 fully saturated rings. The normalized spacial score (nSPS) is 28.9. The van der Waals surface area contributed by atoms with Gasteiger partial charge in [0.05, 0.1) is 7.11 Å². The molecule has 0 aromatic carbocycles. The molecular weight excluding hydrogens is 264 g/mol. The monoisotopic (exact) mass is 296 g/mol. The molecule has 1 saturated carbocycles. The molecule has 4 nitrogen and oxygen atoms in total. The first-order chi connectivity index (χ1) is 10.1. The van der Waals surface area contributed by atoms with Gasteiger partial charge < -0.3 is 15.0 Å². The zero-order chi connectivity index (χ0) is 15.3. The van der Waals surface area contributed by atoms with Crippen molar-refractivity contribution >= 4 is 5.97 Å². The molecule has 2 aliphatic rings. The van der Waals surface area contributed by atoms with E-state index in [4.69, 9.17) is 4.74 Å². The first-order valence-electron chi connectivity index (χ1n) is 8.68. The maximum Gasteiger partial charge on any atom is 0.325 e. The van der Waals surface area contributed by atoms with Crippen molar-refractivity contribution in [3.8, 4) is 0 Å². The Labute approximate surface area is 129 Å². The van der Waals surface area contributed by atoms with Crippen molar-refractivity contribution in [3.05, 3.63) is 0 Å². The summed E-state index contributed by atoms with van der Waals surface area (Å²) >= 11 is 0. The van der Waals surface area contributed by atoms with E-state index in [1.807, 2.05) is 13.8 Å². The minimum atomic E-state index is -0.533. The second-order valence-electron chi connectivity index (χ2n) is 6.89. The van der Waals surface area contributed by atoms with Crippen LogP contribution in [0, 0.1) is 5.92 Å². The van der Waals surface area contributed by atoms with Crippen molar-refractivity contribution in [1.82, 2.24) is 10.2 Å². The van der Waals surface area contributed by atoms with E-state index in [9.17, 15) is 4.79 Å². The van der Waals surface area contributed by atoms with E-state index in [1.54, 1.807) is 0 Å². The van der Waals surface area contributed by atoms with Crippen molar-refractivity contribution in [2.24, 2.45) is 5.92 Å². The summed E-state index contributed by atoms with van der Waals surface area (Å²) in [5, 5.41) is 3.30. The summed E-state index contributed by atoms with van der Waals surface area (Å²) in [5.41, 5.74) is -0.533. The zero-order valence-corrected chi connectivity index (χ0v) is 14.0. The quantitative estimate of drug-likeness (QED) is 0.733. The lowest BCUT2D eigenvalue weighted by Crippen LogP contribution is -2.51. The number of nitrogens with zero attached hydrogens (tertiary/aromatic N) is 1. The number of hydrogen-bond acceptors (Lipinski definition) is 4. The van der Waals surface area contributed by atoms with Crippen molar-refractivity contribution in [1.29, 1.82) is 0 Å². The first-order valence-corrected chi connectivity index (χ1v) is 8.68. The lowest BCUT2D eigenvalue weighted by Gasteiger charge is -2.38. The van der Waals surface area contributed by atoms with Crippen molar-refractivity contribution in [2.75, 3.05) is 26.7 Å². The summed E-state index contributed by atoms with van der Waals surface area (Å²) in [7, 11) is 1.48. The molecule has 0 amide bonds. The molecule has 21 heavy (non-hydrogen) atoms. The SMILES string of the molecule is CCNC(C)(CCCN1CCCC2CCCC21)C(=O)OC. The Morgan fingerprint density at radius 1 is 1.33 bits per heavy atom. The minimum Gasteiger partial charge on any atom is -0.468 e. The van der Waals surface area contributed by atoms with Crippen LogP contribution in [0.5, 0.6) is 0 Å². The largest absolute Gasteiger partial charge is 0.468 e. The van der Waals surface area contributed by atoms with Gasteiger partial charge in [-0.15, -0.1) is 0 Å². The highest BCUT2D eigenvalue weighted by Crippen LogP contribution is 2.36. The van der Waals surface area contributed by atoms with Gasteiger partial charge in [-0.05, 0) is 71.0 Å². The maximum atomic E-state index is 12.0. The van der Waals surface area contributed by atoms with Crippen LogP contribution >= 0.6 is 0 Å². The molecule has 2 rings (SSSR count). The third kappa shape index (κ3) is 3.98. The van der Waals surface area contributed by atoms with Gasteiger partial charge >= 0.3 is 5.97 Å². The van der Waals surface area contributed by atoms with Crippen LogP contribution < -0.4 is 5.32 Å². The fraction of sp³-hybridized carbons (Fsp3) is 0.941. The number of likely N-dealkylation sites (tertiary alicyclic amines) is 1. The molecule has 4 heteroatoms. The van der Waals surface area contributed by atoms with Crippen LogP contribution in [0.25, 0.3) is 0 Å². The highest BCUT2D eigenvalue weighted by atomic mass is 16.5. The molecule has 1 saturated heterocycles. The van der Waals surface area contributed by atoms with E-state index >= 15 is 0 Å². The number of rotatable bonds is 7. The average molecular weight is 296 g/mol. The Hall–Kier alpha value is -0.610. The summed E-state index contributed by atoms with van der Waals surface area (Å²) in [5.74, 6) is 0.807. The number of fused-ring (bicyclic) bond motifs is 1. The van der Waals surface area contributed by atoms with E-state index < -0.39 is 5.54 Å². The fourth-order valence-electron chi connectivity index (χ4n) is 4.35. The van der Waals surface area contributed by atoms with Gasteiger partial charge in [-0.2, -0.15) is 0 Å². The van der Waals surface area contributed by atoms with Crippen molar-refractivity contribution < 1.29 is 9.53 Å². The molecule has 1 heterocycles. The van der Waals surface area contributed by atoms with E-state index in [1.165, 1.54) is 45.8 Å². The molecule has 3 atom stereocenters. The number of carbonyl (C=O) groups is 1. The standard InChI is InChI=1S/C17H32N2O2/c1-4-18-17(2,16(20)21-3)11-7-13-19-12-6-9-14-8-5-10-15(14)19/h14-15,18H,4-13H2,1-3H3. The second kappa shape index (κ2) is 7.59. The summed E-state index contributed by atoms with van der Waals surface area (Å²) in [6.45, 7) is 7.17. The van der Waals surface area contributed by atoms with Gasteiger partial charge in [0.25, 0.3) is 0 Å². The number of methoxy groups -OCH3 is 1. The Balaban J connectivity index is 1.82. The van der Waals surface area contributed by atoms with Crippen LogP contribution in [-0.4, -0.2) is 49.2 Å². The first kappa shape index (κ1) is 16.8. The van der Waals surface area contributed by atoms with Gasteiger partial charge in [0.1, 0.15) is 5.54 Å². The molecule has 0 aromatic heterocycles. The van der Waals surface area contributed by atoms with Crippen LogP contribution in [-0.2, 0) is 9.53 Å². The number of ether oxygens (including phenoxy) is 1. The van der Waals surface area contributed by atoms with Gasteiger partial charge in [-0.25, -0.2) is 0 Å². The maximum absolute atomic E-state index is 12.0. The molecule has 3 unspecified atom stereocenters. The summed E-state index contributed by atoms with van der Waals surface area (Å²) in [6.07, 6.45) is 8.90. The Morgan fingerprint density at radius 3 is 2.81 bits per heavy atom. The van der Waals surface area contributed by atoms with Crippen molar-refractivity contribution in [2.45, 2.75) is 70.4 Å². The van der Waals surface area contributed by atoms with Crippen molar-refractivity contribution in [3.63, 3.8) is 0 Å². The summed E-state index contributed by atoms with van der Waals surface area (Å²) in [6, 6.07) is 0.822. The molecular formula is C17H32N2O2. The van der Waals surface area contributed by atoms with E-state index in [0.717, 1.165) is 37.9 Å². The summed E-state index contributed by atoms with van der Waals surface area (Å²) < 4.78 is 4.96. The average Bonchev–Trinajstić information content (AvgIpc) is 2.96. The molecule has 0 aromatic rings. The van der Waals surface area contributed by atoms with Crippen LogP contribution in [0.1, 0.15) is 58.8 Å². The molecule has 0 spiro atoms. The molecule has 0 radical (unpaired) electrons. The minimum absolute atomic E-state index is 0.137. The topological polar surface area (TPSA) is 41.6 Å². The number of esters is 1. The Bertz CT molecular complexity index is 348. The Kier molecular flexibility index (Phi) is 6.06. The summed E-state index contributed by atoms with van der Waals surface area (Å²) in [4.78, 5) is 14.7. The Morgan fingerprint density at radius 2 is 2.10 bits per heavy atom. The van der Waals surface area contributed by atoms with Crippen LogP contribution in [0.2, 0.25) is 0 Å². The predicted octanol–water partition coefficient (Wildman–Crippen LogP) is 2.57. The third-order valence-electron chi connectivity index (χ3n) is 5.43. The zero-order valence-electron chi connectivity index (χ0n) is 14.0. The van der Waals surface area contributed by atoms with E-state index in [2.05, 4.69) is 10.2 Å². The van der Waals surface area contributed by atoms with Gasteiger partial charge in [-0.1, -0.05) is 13.3 Å². The predicted molar refractivity (Wildman–Crippen MR) is 85.3 cm³/mol. The molecule has 1 N–H and O–H groups in total. The van der Waals surface area contributed by atoms with Crippen LogP contribution in [0.15, 0.2) is 0 Å². The lowest BCUT2D eigenvalue weighted by atomic mass is 9.91. The fourth-order valence-corrected chi connectivity index (χ4v) is 4.35. The number of nitrogens with one attached hydrogen (secondary N) is 1. The van der Waals surface area contributed by atoms with Gasteiger partial charge in [0.2, 0.25) is 0 Å². The number of likely N-dealkylation sites (N-methyl/N-ethyl adjacent to an activating group) is 1. The molecule has 122 valence electrons. The number of piperidine rings is 1. The van der Waals surface area contributed by atoms with E-state index in [-0.39, 0.29) is 5.97 Å². The highest BCUT2D eigenvalue weighted by Gasteiger charge is 2.36.